The van der Waals surface area contributed by atoms with E-state index in [9.17, 15) is 9.59 Å². The number of carbonyl (C=O) groups excluding carboxylic acids is 2. The lowest BCUT2D eigenvalue weighted by atomic mass is 10.2. The molecule has 0 bridgehead atoms. The summed E-state index contributed by atoms with van der Waals surface area (Å²) in [6, 6.07) is 13.7. The van der Waals surface area contributed by atoms with Gasteiger partial charge in [-0.1, -0.05) is 54.2 Å². The molecule has 3 amide bonds. The van der Waals surface area contributed by atoms with E-state index in [2.05, 4.69) is 32.8 Å². The molecule has 0 spiro atoms. The van der Waals surface area contributed by atoms with Crippen molar-refractivity contribution in [3.8, 4) is 17.3 Å². The zero-order valence-electron chi connectivity index (χ0n) is 22.7. The Labute approximate surface area is 247 Å². The highest BCUT2D eigenvalue weighted by Crippen LogP contribution is 2.39. The Morgan fingerprint density at radius 3 is 2.49 bits per heavy atom. The summed E-state index contributed by atoms with van der Waals surface area (Å²) in [5.74, 6) is 0.653. The number of amides is 3. The van der Waals surface area contributed by atoms with Gasteiger partial charge in [-0.3, -0.25) is 10.1 Å². The zero-order chi connectivity index (χ0) is 29.4. The van der Waals surface area contributed by atoms with Crippen LogP contribution in [0, 0.1) is 6.92 Å². The van der Waals surface area contributed by atoms with Crippen LogP contribution >= 0.6 is 23.2 Å². The Kier molecular flexibility index (Phi) is 10.1. The monoisotopic (exact) mass is 597 g/mol. The molecule has 2 aromatic heterocycles. The molecule has 4 rings (SSSR count). The molecule has 0 radical (unpaired) electrons. The van der Waals surface area contributed by atoms with E-state index in [1.54, 1.807) is 10.7 Å². The third-order valence-corrected chi connectivity index (χ3v) is 6.63. The summed E-state index contributed by atoms with van der Waals surface area (Å²) < 4.78 is 12.2. The van der Waals surface area contributed by atoms with Crippen molar-refractivity contribution in [3.63, 3.8) is 0 Å². The molecule has 0 atom stereocenters. The molecule has 4 aromatic rings. The largest absolute Gasteiger partial charge is 0.437 e. The minimum absolute atomic E-state index is 0.0552. The first-order chi connectivity index (χ1) is 19.8. The lowest BCUT2D eigenvalue weighted by molar-refractivity contribution is -0.119. The van der Waals surface area contributed by atoms with E-state index in [1.165, 1.54) is 25.6 Å². The summed E-state index contributed by atoms with van der Waals surface area (Å²) in [5, 5.41) is 13.0. The van der Waals surface area contributed by atoms with E-state index in [-0.39, 0.29) is 45.7 Å². The molecule has 2 heterocycles. The predicted octanol–water partition coefficient (Wildman–Crippen LogP) is 6.64. The van der Waals surface area contributed by atoms with Crippen LogP contribution < -0.4 is 20.7 Å². The molecule has 0 aliphatic rings. The van der Waals surface area contributed by atoms with Crippen LogP contribution in [0.3, 0.4) is 0 Å². The third kappa shape index (κ3) is 7.94. The lowest BCUT2D eigenvalue weighted by Crippen LogP contribution is -2.21. The molecule has 214 valence electrons. The molecule has 0 fully saturated rings. The number of methoxy groups -OCH3 is 1. The average Bonchev–Trinajstić information content (AvgIpc) is 3.34. The molecule has 3 N–H and O–H groups in total. The molecule has 13 heteroatoms. The van der Waals surface area contributed by atoms with E-state index in [0.717, 1.165) is 36.2 Å². The number of aromatic nitrogens is 4. The topological polar surface area (TPSA) is 132 Å². The normalized spacial score (nSPS) is 10.8. The smallest absolute Gasteiger partial charge is 0.324 e. The van der Waals surface area contributed by atoms with Crippen LogP contribution in [0.2, 0.25) is 10.0 Å². The highest BCUT2D eigenvalue weighted by molar-refractivity contribution is 6.45. The van der Waals surface area contributed by atoms with Crippen molar-refractivity contribution in [2.24, 2.45) is 0 Å². The van der Waals surface area contributed by atoms with Gasteiger partial charge in [-0.15, -0.1) is 0 Å². The molecular formula is C28H29Cl2N7O4. The van der Waals surface area contributed by atoms with Gasteiger partial charge in [0.15, 0.2) is 0 Å². The Bertz CT molecular complexity index is 1530. The van der Waals surface area contributed by atoms with Gasteiger partial charge in [-0.2, -0.15) is 5.10 Å². The molecular weight excluding hydrogens is 569 g/mol. The third-order valence-electron chi connectivity index (χ3n) is 5.76. The Hall–Kier alpha value is -4.19. The summed E-state index contributed by atoms with van der Waals surface area (Å²) in [7, 11) is 1.41. The number of nitrogens with zero attached hydrogens (tertiary/aromatic N) is 4. The number of hydrogen-bond donors (Lipinski definition) is 3. The molecule has 11 nitrogen and oxygen atoms in total. The van der Waals surface area contributed by atoms with Crippen molar-refractivity contribution in [1.82, 2.24) is 19.7 Å². The highest BCUT2D eigenvalue weighted by atomic mass is 35.5. The van der Waals surface area contributed by atoms with Gasteiger partial charge < -0.3 is 20.1 Å². The van der Waals surface area contributed by atoms with E-state index in [1.807, 2.05) is 37.3 Å². The number of carbonyl (C=O) groups is 2. The summed E-state index contributed by atoms with van der Waals surface area (Å²) in [4.78, 5) is 32.7. The van der Waals surface area contributed by atoms with Crippen molar-refractivity contribution in [2.75, 3.05) is 29.7 Å². The molecule has 0 aliphatic heterocycles. The van der Waals surface area contributed by atoms with E-state index >= 15 is 0 Å². The van der Waals surface area contributed by atoms with Crippen molar-refractivity contribution < 1.29 is 19.1 Å². The van der Waals surface area contributed by atoms with Gasteiger partial charge in [0.25, 0.3) is 5.91 Å². The van der Waals surface area contributed by atoms with Crippen molar-refractivity contribution >= 4 is 52.5 Å². The van der Waals surface area contributed by atoms with Crippen LogP contribution in [0.1, 0.15) is 31.0 Å². The predicted molar refractivity (Wildman–Crippen MR) is 159 cm³/mol. The van der Waals surface area contributed by atoms with Gasteiger partial charge in [0.05, 0.1) is 22.1 Å². The van der Waals surface area contributed by atoms with Crippen LogP contribution in [-0.2, 0) is 16.0 Å². The van der Waals surface area contributed by atoms with Crippen LogP contribution in [0.25, 0.3) is 5.69 Å². The van der Waals surface area contributed by atoms with Gasteiger partial charge in [-0.25, -0.2) is 19.4 Å². The SMILES string of the molecule is CCCCc1cc(NC(=O)Nc2ccc(Oc3cc(NC(=O)COC)ncn3)c(Cl)c2Cl)n(-c2ccc(C)cc2)n1. The lowest BCUT2D eigenvalue weighted by Gasteiger charge is -2.14. The number of rotatable bonds is 11. The maximum Gasteiger partial charge on any atom is 0.324 e. The molecule has 0 unspecified atom stereocenters. The van der Waals surface area contributed by atoms with E-state index < -0.39 is 6.03 Å². The van der Waals surface area contributed by atoms with Gasteiger partial charge >= 0.3 is 6.03 Å². The van der Waals surface area contributed by atoms with Crippen LogP contribution in [0.15, 0.2) is 54.9 Å². The fourth-order valence-corrected chi connectivity index (χ4v) is 4.15. The fourth-order valence-electron chi connectivity index (χ4n) is 3.75. The summed E-state index contributed by atoms with van der Waals surface area (Å²) in [5.41, 5.74) is 3.08. The van der Waals surface area contributed by atoms with Crippen molar-refractivity contribution in [2.45, 2.75) is 33.1 Å². The number of halogens is 2. The van der Waals surface area contributed by atoms with Crippen molar-refractivity contribution in [3.05, 3.63) is 76.2 Å². The number of unbranched alkanes of at least 4 members (excludes halogenated alkanes) is 1. The van der Waals surface area contributed by atoms with Crippen LogP contribution in [0.4, 0.5) is 22.1 Å². The number of anilines is 3. The first-order valence-electron chi connectivity index (χ1n) is 12.8. The average molecular weight is 598 g/mol. The Morgan fingerprint density at radius 2 is 1.76 bits per heavy atom. The maximum atomic E-state index is 13.0. The highest BCUT2D eigenvalue weighted by Gasteiger charge is 2.17. The number of aryl methyl sites for hydroxylation is 2. The minimum Gasteiger partial charge on any atom is -0.437 e. The fraction of sp³-hybridized carbons (Fsp3) is 0.250. The number of urea groups is 1. The Balaban J connectivity index is 1.48. The van der Waals surface area contributed by atoms with Gasteiger partial charge in [0, 0.05) is 19.2 Å². The standard InChI is InChI=1S/C28H29Cl2N7O4/c1-4-5-6-18-13-23(37(36-18)19-9-7-17(2)8-10-19)35-28(39)33-20-11-12-21(27(30)26(20)29)41-25-14-22(31-16-32-25)34-24(38)15-40-3/h7-14,16H,4-6,15H2,1-3H3,(H2,33,35,39)(H,31,32,34,38). The number of nitrogens with one attached hydrogen (secondary N) is 3. The molecule has 0 saturated carbocycles. The zero-order valence-corrected chi connectivity index (χ0v) is 24.2. The molecule has 0 aliphatic carbocycles. The number of hydrogen-bond acceptors (Lipinski definition) is 7. The minimum atomic E-state index is -0.529. The molecule has 41 heavy (non-hydrogen) atoms. The van der Waals surface area contributed by atoms with Crippen molar-refractivity contribution in [1.29, 1.82) is 0 Å². The van der Waals surface area contributed by atoms with Crippen LogP contribution in [0.5, 0.6) is 11.6 Å². The van der Waals surface area contributed by atoms with Crippen LogP contribution in [-0.4, -0.2) is 45.4 Å². The second-order valence-corrected chi connectivity index (χ2v) is 9.77. The number of benzene rings is 2. The first kappa shape index (κ1) is 29.8. The van der Waals surface area contributed by atoms with E-state index in [4.69, 9.17) is 37.8 Å². The maximum absolute atomic E-state index is 13.0. The summed E-state index contributed by atoms with van der Waals surface area (Å²) >= 11 is 12.9. The first-order valence-corrected chi connectivity index (χ1v) is 13.5. The van der Waals surface area contributed by atoms with Gasteiger partial charge in [-0.05, 0) is 44.0 Å². The second-order valence-electron chi connectivity index (χ2n) is 9.01. The molecule has 2 aromatic carbocycles. The summed E-state index contributed by atoms with van der Waals surface area (Å²) in [6.45, 7) is 3.99. The van der Waals surface area contributed by atoms with E-state index in [0.29, 0.717) is 5.82 Å². The molecule has 0 saturated heterocycles. The van der Waals surface area contributed by atoms with Gasteiger partial charge in [0.2, 0.25) is 5.88 Å². The van der Waals surface area contributed by atoms with Gasteiger partial charge in [0.1, 0.15) is 35.3 Å². The second kappa shape index (κ2) is 13.9. The number of ether oxygens (including phenoxy) is 2. The summed E-state index contributed by atoms with van der Waals surface area (Å²) in [6.07, 6.45) is 4.03. The Morgan fingerprint density at radius 1 is 0.976 bits per heavy atom. The quantitative estimate of drug-likeness (QED) is 0.176.